The van der Waals surface area contributed by atoms with Crippen LogP contribution in [0.15, 0.2) is 41.4 Å². The number of carbonyl (C=O) groups is 1. The van der Waals surface area contributed by atoms with Crippen LogP contribution in [0.4, 0.5) is 5.69 Å². The molecule has 7 nitrogen and oxygen atoms in total. The summed E-state index contributed by atoms with van der Waals surface area (Å²) in [7, 11) is 3.44. The van der Waals surface area contributed by atoms with Crippen LogP contribution in [-0.4, -0.2) is 38.7 Å². The number of aliphatic imine (C=N–C) groups is 1. The molecule has 2 aliphatic heterocycles. The van der Waals surface area contributed by atoms with E-state index in [1.165, 1.54) is 5.56 Å². The maximum atomic E-state index is 11.9. The molecule has 2 aliphatic rings. The molecule has 0 bridgehead atoms. The molecule has 2 N–H and O–H groups in total. The highest BCUT2D eigenvalue weighted by molar-refractivity contribution is 14.0. The molecular weight excluding hydrogens is 519 g/mol. The minimum absolute atomic E-state index is 0. The van der Waals surface area contributed by atoms with Gasteiger partial charge in [0.1, 0.15) is 17.6 Å². The largest absolute Gasteiger partial charge is 0.496 e. The maximum Gasteiger partial charge on any atom is 0.227 e. The van der Waals surface area contributed by atoms with E-state index in [2.05, 4.69) is 34.7 Å². The van der Waals surface area contributed by atoms with Crippen LogP contribution in [0.5, 0.6) is 11.5 Å². The summed E-state index contributed by atoms with van der Waals surface area (Å²) >= 11 is 0. The number of nitrogens with one attached hydrogen (secondary N) is 2. The van der Waals surface area contributed by atoms with Crippen LogP contribution >= 0.6 is 24.0 Å². The normalized spacial score (nSPS) is 17.5. The molecule has 32 heavy (non-hydrogen) atoms. The fourth-order valence-corrected chi connectivity index (χ4v) is 4.11. The zero-order valence-electron chi connectivity index (χ0n) is 18.8. The van der Waals surface area contributed by atoms with Gasteiger partial charge in [-0.3, -0.25) is 9.79 Å². The molecule has 4 rings (SSSR count). The van der Waals surface area contributed by atoms with Crippen molar-refractivity contribution in [3.63, 3.8) is 0 Å². The van der Waals surface area contributed by atoms with Crippen LogP contribution in [0.3, 0.4) is 0 Å². The summed E-state index contributed by atoms with van der Waals surface area (Å²) in [4.78, 5) is 18.1. The first-order valence-electron chi connectivity index (χ1n) is 10.8. The van der Waals surface area contributed by atoms with Crippen LogP contribution in [-0.2, 0) is 24.3 Å². The Kier molecular flexibility index (Phi) is 8.22. The summed E-state index contributed by atoms with van der Waals surface area (Å²) < 4.78 is 11.5. The summed E-state index contributed by atoms with van der Waals surface area (Å²) in [5.41, 5.74) is 4.30. The highest BCUT2D eigenvalue weighted by Gasteiger charge is 2.22. The Morgan fingerprint density at radius 3 is 2.62 bits per heavy atom. The molecule has 0 saturated carbocycles. The van der Waals surface area contributed by atoms with Gasteiger partial charge < -0.3 is 25.0 Å². The first kappa shape index (κ1) is 24.2. The van der Waals surface area contributed by atoms with Gasteiger partial charge in [0.15, 0.2) is 5.96 Å². The average Bonchev–Trinajstić information content (AvgIpc) is 3.37. The predicted molar refractivity (Wildman–Crippen MR) is 137 cm³/mol. The number of fused-ring (bicyclic) bond motifs is 1. The minimum Gasteiger partial charge on any atom is -0.496 e. The van der Waals surface area contributed by atoms with Crippen LogP contribution in [0, 0.1) is 0 Å². The minimum atomic E-state index is 0. The summed E-state index contributed by atoms with van der Waals surface area (Å²) in [6.07, 6.45) is 2.69. The van der Waals surface area contributed by atoms with E-state index < -0.39 is 0 Å². The molecule has 172 valence electrons. The zero-order valence-corrected chi connectivity index (χ0v) is 21.1. The molecule has 8 heteroatoms. The number of guanidine groups is 1. The number of benzene rings is 2. The van der Waals surface area contributed by atoms with Gasteiger partial charge in [-0.1, -0.05) is 12.1 Å². The molecule has 0 aliphatic carbocycles. The number of ether oxygens (including phenoxy) is 2. The van der Waals surface area contributed by atoms with Gasteiger partial charge in [-0.05, 0) is 43.2 Å². The lowest BCUT2D eigenvalue weighted by Gasteiger charge is -2.17. The third-order valence-electron chi connectivity index (χ3n) is 5.75. The van der Waals surface area contributed by atoms with Crippen molar-refractivity contribution in [2.45, 2.75) is 45.4 Å². The molecular formula is C24H31IN4O3. The van der Waals surface area contributed by atoms with E-state index in [4.69, 9.17) is 9.47 Å². The van der Waals surface area contributed by atoms with Gasteiger partial charge in [0.2, 0.25) is 5.91 Å². The van der Waals surface area contributed by atoms with Gasteiger partial charge in [-0.25, -0.2) is 0 Å². The summed E-state index contributed by atoms with van der Waals surface area (Å²) in [5.74, 6) is 2.70. The topological polar surface area (TPSA) is 75.2 Å². The van der Waals surface area contributed by atoms with E-state index in [-0.39, 0.29) is 36.0 Å². The van der Waals surface area contributed by atoms with Crippen LogP contribution < -0.4 is 25.0 Å². The Balaban J connectivity index is 0.00000289. The molecule has 1 atom stereocenters. The van der Waals surface area contributed by atoms with Gasteiger partial charge in [0.25, 0.3) is 0 Å². The van der Waals surface area contributed by atoms with Crippen LogP contribution in [0.25, 0.3) is 0 Å². The average molecular weight is 550 g/mol. The lowest BCUT2D eigenvalue weighted by molar-refractivity contribution is -0.117. The fourth-order valence-electron chi connectivity index (χ4n) is 4.11. The number of carbonyl (C=O) groups excluding carboxylic acids is 1. The fraction of sp³-hybridized carbons (Fsp3) is 0.417. The lowest BCUT2D eigenvalue weighted by Crippen LogP contribution is -2.36. The number of anilines is 1. The van der Waals surface area contributed by atoms with E-state index in [1.807, 2.05) is 29.2 Å². The quantitative estimate of drug-likeness (QED) is 0.327. The van der Waals surface area contributed by atoms with Crippen LogP contribution in [0.2, 0.25) is 0 Å². The highest BCUT2D eigenvalue weighted by Crippen LogP contribution is 2.34. The van der Waals surface area contributed by atoms with Gasteiger partial charge in [-0.2, -0.15) is 0 Å². The Hall–Kier alpha value is -2.49. The molecule has 2 aromatic carbocycles. The van der Waals surface area contributed by atoms with Gasteiger partial charge >= 0.3 is 0 Å². The van der Waals surface area contributed by atoms with Gasteiger partial charge in [0.05, 0.1) is 7.11 Å². The maximum absolute atomic E-state index is 11.9. The molecule has 0 radical (unpaired) electrons. The molecule has 1 unspecified atom stereocenters. The third-order valence-corrected chi connectivity index (χ3v) is 5.75. The van der Waals surface area contributed by atoms with E-state index in [9.17, 15) is 4.79 Å². The van der Waals surface area contributed by atoms with Gasteiger partial charge in [0, 0.05) is 56.3 Å². The van der Waals surface area contributed by atoms with Crippen molar-refractivity contribution < 1.29 is 14.3 Å². The van der Waals surface area contributed by atoms with Crippen molar-refractivity contribution in [1.29, 1.82) is 0 Å². The predicted octanol–water partition coefficient (Wildman–Crippen LogP) is 3.63. The van der Waals surface area contributed by atoms with Crippen molar-refractivity contribution in [2.75, 3.05) is 25.6 Å². The summed E-state index contributed by atoms with van der Waals surface area (Å²) in [6, 6.07) is 12.2. The number of methoxy groups -OCH3 is 1. The Morgan fingerprint density at radius 2 is 1.97 bits per heavy atom. The second kappa shape index (κ2) is 10.9. The van der Waals surface area contributed by atoms with E-state index in [0.29, 0.717) is 25.5 Å². The van der Waals surface area contributed by atoms with Crippen molar-refractivity contribution in [1.82, 2.24) is 10.6 Å². The molecule has 2 aromatic rings. The molecule has 0 spiro atoms. The third kappa shape index (κ3) is 5.46. The lowest BCUT2D eigenvalue weighted by atomic mass is 10.1. The number of rotatable bonds is 6. The molecule has 1 saturated heterocycles. The van der Waals surface area contributed by atoms with E-state index in [0.717, 1.165) is 47.7 Å². The molecule has 0 aromatic heterocycles. The SMILES string of the molecule is CN=C(NCc1ccc(N2CCCC2=O)cc1)NCc1cc2c(cc1OC)CC(C)O2.I. The summed E-state index contributed by atoms with van der Waals surface area (Å²) in [5, 5.41) is 6.68. The molecule has 1 fully saturated rings. The highest BCUT2D eigenvalue weighted by atomic mass is 127. The molecule has 1 amide bonds. The first-order valence-corrected chi connectivity index (χ1v) is 10.8. The molecule has 2 heterocycles. The Morgan fingerprint density at radius 1 is 1.22 bits per heavy atom. The first-order chi connectivity index (χ1) is 15.1. The van der Waals surface area contributed by atoms with Crippen molar-refractivity contribution >= 4 is 41.5 Å². The zero-order chi connectivity index (χ0) is 21.8. The number of hydrogen-bond donors (Lipinski definition) is 2. The number of hydrogen-bond acceptors (Lipinski definition) is 4. The Labute approximate surface area is 206 Å². The Bertz CT molecular complexity index is 978. The van der Waals surface area contributed by atoms with E-state index >= 15 is 0 Å². The smallest absolute Gasteiger partial charge is 0.227 e. The monoisotopic (exact) mass is 550 g/mol. The van der Waals surface area contributed by atoms with Crippen molar-refractivity contribution in [3.8, 4) is 11.5 Å². The van der Waals surface area contributed by atoms with Crippen molar-refractivity contribution in [2.24, 2.45) is 4.99 Å². The van der Waals surface area contributed by atoms with Crippen molar-refractivity contribution in [3.05, 3.63) is 53.1 Å². The van der Waals surface area contributed by atoms with E-state index in [1.54, 1.807) is 14.2 Å². The number of halogens is 1. The summed E-state index contributed by atoms with van der Waals surface area (Å²) in [6.45, 7) is 4.09. The second-order valence-corrected chi connectivity index (χ2v) is 8.00. The van der Waals surface area contributed by atoms with Gasteiger partial charge in [-0.15, -0.1) is 24.0 Å². The van der Waals surface area contributed by atoms with Crippen LogP contribution in [0.1, 0.15) is 36.5 Å². The standard InChI is InChI=1S/C24H30N4O3.HI/c1-16-11-18-12-21(30-3)19(13-22(18)31-16)15-27-24(25-2)26-14-17-6-8-20(9-7-17)28-10-4-5-23(28)29;/h6-9,12-13,16H,4-5,10-11,14-15H2,1-3H3,(H2,25,26,27);1H. The number of amides is 1. The second-order valence-electron chi connectivity index (χ2n) is 8.00. The number of nitrogens with zero attached hydrogens (tertiary/aromatic N) is 2.